The van der Waals surface area contributed by atoms with Gasteiger partial charge in [0.25, 0.3) is 0 Å². The predicted molar refractivity (Wildman–Crippen MR) is 81.6 cm³/mol. The van der Waals surface area contributed by atoms with E-state index in [4.69, 9.17) is 9.26 Å². The van der Waals surface area contributed by atoms with E-state index in [0.29, 0.717) is 17.8 Å². The SMILES string of the molecule is COC1CCC(C)(c2nc(-c3ccc(=O)n(C)c3)no2)CC1. The Labute approximate surface area is 129 Å². The molecule has 0 radical (unpaired) electrons. The Kier molecular flexibility index (Phi) is 3.87. The number of pyridine rings is 1. The lowest BCUT2D eigenvalue weighted by Gasteiger charge is -2.33. The number of nitrogens with zero attached hydrogens (tertiary/aromatic N) is 3. The minimum Gasteiger partial charge on any atom is -0.381 e. The summed E-state index contributed by atoms with van der Waals surface area (Å²) in [4.78, 5) is 16.0. The van der Waals surface area contributed by atoms with Gasteiger partial charge in [-0.15, -0.1) is 0 Å². The van der Waals surface area contributed by atoms with Gasteiger partial charge in [0, 0.05) is 37.4 Å². The zero-order chi connectivity index (χ0) is 15.7. The first-order valence-corrected chi connectivity index (χ1v) is 7.56. The monoisotopic (exact) mass is 303 g/mol. The zero-order valence-electron chi connectivity index (χ0n) is 13.2. The molecule has 22 heavy (non-hydrogen) atoms. The van der Waals surface area contributed by atoms with Crippen molar-refractivity contribution in [2.24, 2.45) is 7.05 Å². The molecular weight excluding hydrogens is 282 g/mol. The highest BCUT2D eigenvalue weighted by Gasteiger charge is 2.37. The minimum absolute atomic E-state index is 0.0580. The summed E-state index contributed by atoms with van der Waals surface area (Å²) < 4.78 is 12.4. The van der Waals surface area contributed by atoms with Crippen molar-refractivity contribution in [3.63, 3.8) is 0 Å². The molecular formula is C16H21N3O3. The topological polar surface area (TPSA) is 70.2 Å². The van der Waals surface area contributed by atoms with Crippen LogP contribution in [-0.4, -0.2) is 27.9 Å². The molecule has 2 heterocycles. The lowest BCUT2D eigenvalue weighted by molar-refractivity contribution is 0.0452. The average molecular weight is 303 g/mol. The first kappa shape index (κ1) is 15.0. The molecule has 0 aromatic carbocycles. The highest BCUT2D eigenvalue weighted by Crippen LogP contribution is 2.39. The molecule has 1 saturated carbocycles. The van der Waals surface area contributed by atoms with Gasteiger partial charge in [-0.25, -0.2) is 0 Å². The summed E-state index contributed by atoms with van der Waals surface area (Å²) in [5.41, 5.74) is 0.629. The van der Waals surface area contributed by atoms with Crippen molar-refractivity contribution >= 4 is 0 Å². The maximum atomic E-state index is 11.5. The van der Waals surface area contributed by atoms with E-state index in [1.54, 1.807) is 26.4 Å². The van der Waals surface area contributed by atoms with Crippen molar-refractivity contribution < 1.29 is 9.26 Å². The summed E-state index contributed by atoms with van der Waals surface area (Å²) in [6.07, 6.45) is 6.01. The van der Waals surface area contributed by atoms with Gasteiger partial charge in [0.1, 0.15) is 0 Å². The van der Waals surface area contributed by atoms with E-state index >= 15 is 0 Å². The van der Waals surface area contributed by atoms with Crippen molar-refractivity contribution in [3.05, 3.63) is 34.6 Å². The number of ether oxygens (including phenoxy) is 1. The fourth-order valence-electron chi connectivity index (χ4n) is 2.99. The molecule has 0 aliphatic heterocycles. The standard InChI is InChI=1S/C16H21N3O3/c1-16(8-6-12(21-3)7-9-16)15-17-14(18-22-15)11-4-5-13(20)19(2)10-11/h4-5,10,12H,6-9H2,1-3H3. The summed E-state index contributed by atoms with van der Waals surface area (Å²) >= 11 is 0. The zero-order valence-corrected chi connectivity index (χ0v) is 13.2. The highest BCUT2D eigenvalue weighted by molar-refractivity contribution is 5.52. The van der Waals surface area contributed by atoms with Gasteiger partial charge in [-0.1, -0.05) is 12.1 Å². The number of hydrogen-bond donors (Lipinski definition) is 0. The lowest BCUT2D eigenvalue weighted by atomic mass is 9.74. The highest BCUT2D eigenvalue weighted by atomic mass is 16.5. The summed E-state index contributed by atoms with van der Waals surface area (Å²) in [5, 5.41) is 4.08. The number of aromatic nitrogens is 3. The quantitative estimate of drug-likeness (QED) is 0.870. The van der Waals surface area contributed by atoms with Crippen LogP contribution in [-0.2, 0) is 17.2 Å². The van der Waals surface area contributed by atoms with Gasteiger partial charge in [-0.3, -0.25) is 4.79 Å². The summed E-state index contributed by atoms with van der Waals surface area (Å²) in [7, 11) is 3.47. The van der Waals surface area contributed by atoms with Crippen LogP contribution in [0.5, 0.6) is 0 Å². The van der Waals surface area contributed by atoms with E-state index in [0.717, 1.165) is 31.2 Å². The predicted octanol–water partition coefficient (Wildman–Crippen LogP) is 2.28. The van der Waals surface area contributed by atoms with Crippen molar-refractivity contribution in [2.75, 3.05) is 7.11 Å². The Bertz CT molecular complexity index is 711. The molecule has 0 atom stereocenters. The number of rotatable bonds is 3. The van der Waals surface area contributed by atoms with Gasteiger partial charge in [0.15, 0.2) is 0 Å². The third-order valence-electron chi connectivity index (χ3n) is 4.66. The molecule has 1 aliphatic carbocycles. The van der Waals surface area contributed by atoms with Crippen molar-refractivity contribution in [2.45, 2.75) is 44.1 Å². The van der Waals surface area contributed by atoms with Gasteiger partial charge in [-0.05, 0) is 31.7 Å². The van der Waals surface area contributed by atoms with Crippen LogP contribution in [0.25, 0.3) is 11.4 Å². The molecule has 0 spiro atoms. The van der Waals surface area contributed by atoms with E-state index in [1.165, 1.54) is 10.6 Å². The minimum atomic E-state index is -0.0963. The third kappa shape index (κ3) is 2.70. The molecule has 0 N–H and O–H groups in total. The summed E-state index contributed by atoms with van der Waals surface area (Å²) in [6.45, 7) is 2.16. The van der Waals surface area contributed by atoms with Crippen LogP contribution in [0.3, 0.4) is 0 Å². The van der Waals surface area contributed by atoms with Crippen LogP contribution in [0.1, 0.15) is 38.5 Å². The molecule has 3 rings (SSSR count). The molecule has 0 amide bonds. The first-order chi connectivity index (χ1) is 10.5. The second-order valence-electron chi connectivity index (χ2n) is 6.29. The van der Waals surface area contributed by atoms with Crippen LogP contribution in [0.2, 0.25) is 0 Å². The normalized spacial score (nSPS) is 25.3. The van der Waals surface area contributed by atoms with E-state index in [-0.39, 0.29) is 11.0 Å². The molecule has 2 aromatic rings. The summed E-state index contributed by atoms with van der Waals surface area (Å²) in [5.74, 6) is 1.20. The van der Waals surface area contributed by atoms with Gasteiger partial charge >= 0.3 is 0 Å². The van der Waals surface area contributed by atoms with Crippen LogP contribution in [0.15, 0.2) is 27.6 Å². The number of methoxy groups -OCH3 is 1. The van der Waals surface area contributed by atoms with Crippen LogP contribution >= 0.6 is 0 Å². The molecule has 0 saturated heterocycles. The van der Waals surface area contributed by atoms with Crippen molar-refractivity contribution in [1.29, 1.82) is 0 Å². The molecule has 1 fully saturated rings. The summed E-state index contributed by atoms with van der Waals surface area (Å²) in [6, 6.07) is 3.23. The first-order valence-electron chi connectivity index (χ1n) is 7.56. The Morgan fingerprint density at radius 1 is 1.36 bits per heavy atom. The number of hydrogen-bond acceptors (Lipinski definition) is 5. The van der Waals surface area contributed by atoms with Gasteiger partial charge in [0.05, 0.1) is 6.10 Å². The molecule has 118 valence electrons. The van der Waals surface area contributed by atoms with Crippen LogP contribution < -0.4 is 5.56 Å². The molecule has 0 bridgehead atoms. The molecule has 6 heteroatoms. The van der Waals surface area contributed by atoms with Crippen LogP contribution in [0.4, 0.5) is 0 Å². The van der Waals surface area contributed by atoms with E-state index in [9.17, 15) is 4.79 Å². The fraction of sp³-hybridized carbons (Fsp3) is 0.562. The largest absolute Gasteiger partial charge is 0.381 e. The van der Waals surface area contributed by atoms with Crippen LogP contribution in [0, 0.1) is 0 Å². The Balaban J connectivity index is 1.84. The van der Waals surface area contributed by atoms with E-state index in [2.05, 4.69) is 17.1 Å². The van der Waals surface area contributed by atoms with E-state index < -0.39 is 0 Å². The Morgan fingerprint density at radius 3 is 2.73 bits per heavy atom. The smallest absolute Gasteiger partial charge is 0.250 e. The average Bonchev–Trinajstić information content (AvgIpc) is 3.01. The third-order valence-corrected chi connectivity index (χ3v) is 4.66. The Hall–Kier alpha value is -1.95. The van der Waals surface area contributed by atoms with Crippen molar-refractivity contribution in [3.8, 4) is 11.4 Å². The lowest BCUT2D eigenvalue weighted by Crippen LogP contribution is -2.31. The van der Waals surface area contributed by atoms with Gasteiger partial charge in [0.2, 0.25) is 17.3 Å². The van der Waals surface area contributed by atoms with Gasteiger partial charge < -0.3 is 13.8 Å². The molecule has 6 nitrogen and oxygen atoms in total. The van der Waals surface area contributed by atoms with Gasteiger partial charge in [-0.2, -0.15) is 4.98 Å². The fourth-order valence-corrected chi connectivity index (χ4v) is 2.99. The molecule has 2 aromatic heterocycles. The Morgan fingerprint density at radius 2 is 2.09 bits per heavy atom. The maximum Gasteiger partial charge on any atom is 0.250 e. The second kappa shape index (κ2) is 5.68. The van der Waals surface area contributed by atoms with Crippen molar-refractivity contribution in [1.82, 2.24) is 14.7 Å². The van der Waals surface area contributed by atoms with E-state index in [1.807, 2.05) is 0 Å². The second-order valence-corrected chi connectivity index (χ2v) is 6.29. The number of aryl methyl sites for hydroxylation is 1. The maximum absolute atomic E-state index is 11.5. The molecule has 1 aliphatic rings. The molecule has 0 unspecified atom stereocenters.